The zero-order chi connectivity index (χ0) is 15.1. The van der Waals surface area contributed by atoms with Crippen molar-refractivity contribution in [1.29, 1.82) is 0 Å². The number of sulfonamides is 1. The van der Waals surface area contributed by atoms with Gasteiger partial charge in [0.05, 0.1) is 15.5 Å². The van der Waals surface area contributed by atoms with Gasteiger partial charge in [-0.2, -0.15) is 17.5 Å². The van der Waals surface area contributed by atoms with Gasteiger partial charge in [-0.3, -0.25) is 0 Å². The highest BCUT2D eigenvalue weighted by molar-refractivity contribution is 7.89. The first-order valence-electron chi connectivity index (χ1n) is 5.64. The first-order valence-corrected chi connectivity index (χ1v) is 7.46. The van der Waals surface area contributed by atoms with Crippen LogP contribution in [0.4, 0.5) is 13.2 Å². The highest BCUT2D eigenvalue weighted by Crippen LogP contribution is 2.37. The normalized spacial score (nSPS) is 18.1. The van der Waals surface area contributed by atoms with E-state index in [2.05, 4.69) is 0 Å². The van der Waals surface area contributed by atoms with Crippen molar-refractivity contribution in [1.82, 2.24) is 4.31 Å². The second kappa shape index (κ2) is 5.18. The number of nitrogens with zero attached hydrogens (tertiary/aromatic N) is 1. The molecule has 112 valence electrons. The third-order valence-electron chi connectivity index (χ3n) is 3.06. The molecule has 1 fully saturated rings. The summed E-state index contributed by atoms with van der Waals surface area (Å²) < 4.78 is 63.3. The minimum Gasteiger partial charge on any atom is -0.396 e. The number of hydrogen-bond acceptors (Lipinski definition) is 3. The quantitative estimate of drug-likeness (QED) is 0.922. The average molecular weight is 330 g/mol. The van der Waals surface area contributed by atoms with Crippen LogP contribution in [-0.2, 0) is 16.2 Å². The molecule has 1 saturated heterocycles. The number of hydrogen-bond donors (Lipinski definition) is 1. The lowest BCUT2D eigenvalue weighted by Gasteiger charge is -2.37. The van der Waals surface area contributed by atoms with Crippen LogP contribution in [0, 0.1) is 5.92 Å². The Hall–Kier alpha value is -0.830. The van der Waals surface area contributed by atoms with E-state index in [1.165, 1.54) is 0 Å². The molecule has 0 amide bonds. The van der Waals surface area contributed by atoms with Crippen LogP contribution in [0.15, 0.2) is 23.1 Å². The lowest BCUT2D eigenvalue weighted by atomic mass is 10.1. The Morgan fingerprint density at radius 2 is 1.95 bits per heavy atom. The van der Waals surface area contributed by atoms with Crippen LogP contribution in [0.5, 0.6) is 0 Å². The molecular formula is C11H11ClF3NO3S. The fourth-order valence-electron chi connectivity index (χ4n) is 1.87. The Morgan fingerprint density at radius 3 is 2.45 bits per heavy atom. The molecule has 0 unspecified atom stereocenters. The topological polar surface area (TPSA) is 57.6 Å². The summed E-state index contributed by atoms with van der Waals surface area (Å²) in [4.78, 5) is -0.453. The van der Waals surface area contributed by atoms with E-state index in [-0.39, 0.29) is 25.6 Å². The molecule has 20 heavy (non-hydrogen) atoms. The summed E-state index contributed by atoms with van der Waals surface area (Å²) in [5, 5.41) is 8.29. The van der Waals surface area contributed by atoms with Gasteiger partial charge in [-0.05, 0) is 18.2 Å². The molecule has 2 rings (SSSR count). The largest absolute Gasteiger partial charge is 0.417 e. The smallest absolute Gasteiger partial charge is 0.396 e. The standard InChI is InChI=1S/C11H11ClF3NO3S/c12-10-2-1-8(3-9(10)11(13,14)15)20(18,19)16-4-7(5-16)6-17/h1-3,7,17H,4-6H2. The van der Waals surface area contributed by atoms with Crippen molar-refractivity contribution < 1.29 is 26.7 Å². The van der Waals surface area contributed by atoms with Crippen LogP contribution in [-0.4, -0.2) is 37.5 Å². The summed E-state index contributed by atoms with van der Waals surface area (Å²) in [5.41, 5.74) is -1.18. The van der Waals surface area contributed by atoms with Gasteiger partial charge >= 0.3 is 6.18 Å². The van der Waals surface area contributed by atoms with Gasteiger partial charge in [0.1, 0.15) is 0 Å². The summed E-state index contributed by atoms with van der Waals surface area (Å²) in [5.74, 6) is -0.167. The van der Waals surface area contributed by atoms with Crippen molar-refractivity contribution in [2.45, 2.75) is 11.1 Å². The van der Waals surface area contributed by atoms with Crippen molar-refractivity contribution in [2.75, 3.05) is 19.7 Å². The van der Waals surface area contributed by atoms with E-state index in [0.29, 0.717) is 6.07 Å². The predicted octanol–water partition coefficient (Wildman–Crippen LogP) is 1.97. The van der Waals surface area contributed by atoms with Gasteiger partial charge < -0.3 is 5.11 Å². The van der Waals surface area contributed by atoms with E-state index < -0.39 is 31.7 Å². The minimum absolute atomic E-state index is 0.100. The van der Waals surface area contributed by atoms with Crippen molar-refractivity contribution >= 4 is 21.6 Å². The van der Waals surface area contributed by atoms with Crippen molar-refractivity contribution in [3.05, 3.63) is 28.8 Å². The molecule has 1 aromatic carbocycles. The zero-order valence-electron chi connectivity index (χ0n) is 10.1. The summed E-state index contributed by atoms with van der Waals surface area (Å²) in [6.07, 6.45) is -4.72. The van der Waals surface area contributed by atoms with E-state index in [4.69, 9.17) is 16.7 Å². The highest BCUT2D eigenvalue weighted by atomic mass is 35.5. The van der Waals surface area contributed by atoms with Crippen molar-refractivity contribution in [2.24, 2.45) is 5.92 Å². The Labute approximate surface area is 118 Å². The molecule has 1 aliphatic heterocycles. The predicted molar refractivity (Wildman–Crippen MR) is 65.8 cm³/mol. The molecule has 1 aromatic rings. The Morgan fingerprint density at radius 1 is 1.35 bits per heavy atom. The van der Waals surface area contributed by atoms with Crippen molar-refractivity contribution in [3.63, 3.8) is 0 Å². The van der Waals surface area contributed by atoms with E-state index in [1.807, 2.05) is 0 Å². The van der Waals surface area contributed by atoms with Gasteiger partial charge in [0.2, 0.25) is 10.0 Å². The summed E-state index contributed by atoms with van der Waals surface area (Å²) in [6, 6.07) is 2.49. The lowest BCUT2D eigenvalue weighted by Crippen LogP contribution is -2.51. The number of halogens is 4. The molecule has 1 N–H and O–H groups in total. The molecule has 0 aliphatic carbocycles. The zero-order valence-corrected chi connectivity index (χ0v) is 11.6. The van der Waals surface area contributed by atoms with Crippen LogP contribution >= 0.6 is 11.6 Å². The van der Waals surface area contributed by atoms with Gasteiger partial charge in [0.25, 0.3) is 0 Å². The molecule has 0 saturated carbocycles. The maximum absolute atomic E-state index is 12.7. The molecule has 1 heterocycles. The summed E-state index contributed by atoms with van der Waals surface area (Å²) in [7, 11) is -3.98. The van der Waals surface area contributed by atoms with Crippen LogP contribution in [0.1, 0.15) is 5.56 Å². The highest BCUT2D eigenvalue weighted by Gasteiger charge is 2.39. The number of aliphatic hydroxyl groups is 1. The van der Waals surface area contributed by atoms with E-state index in [9.17, 15) is 21.6 Å². The molecule has 0 atom stereocenters. The lowest BCUT2D eigenvalue weighted by molar-refractivity contribution is -0.137. The molecule has 0 aromatic heterocycles. The van der Waals surface area contributed by atoms with Crippen LogP contribution in [0.2, 0.25) is 5.02 Å². The van der Waals surface area contributed by atoms with Gasteiger partial charge in [-0.1, -0.05) is 11.6 Å². The Balaban J connectivity index is 2.34. The SMILES string of the molecule is O=S(=O)(c1ccc(Cl)c(C(F)(F)F)c1)N1CC(CO)C1. The third kappa shape index (κ3) is 2.78. The fourth-order valence-corrected chi connectivity index (χ4v) is 3.71. The Bertz CT molecular complexity index is 612. The molecule has 0 bridgehead atoms. The molecule has 1 aliphatic rings. The van der Waals surface area contributed by atoms with Crippen LogP contribution in [0.25, 0.3) is 0 Å². The molecular weight excluding hydrogens is 319 g/mol. The second-order valence-corrected chi connectivity index (χ2v) is 6.86. The maximum Gasteiger partial charge on any atom is 0.417 e. The van der Waals surface area contributed by atoms with Gasteiger partial charge in [-0.15, -0.1) is 0 Å². The van der Waals surface area contributed by atoms with Crippen molar-refractivity contribution in [3.8, 4) is 0 Å². The van der Waals surface area contributed by atoms with Crippen LogP contribution < -0.4 is 0 Å². The third-order valence-corrected chi connectivity index (χ3v) is 5.22. The number of alkyl halides is 3. The molecule has 0 radical (unpaired) electrons. The maximum atomic E-state index is 12.7. The minimum atomic E-state index is -4.72. The van der Waals surface area contributed by atoms with E-state index >= 15 is 0 Å². The van der Waals surface area contributed by atoms with Gasteiger partial charge in [-0.25, -0.2) is 8.42 Å². The summed E-state index contributed by atoms with van der Waals surface area (Å²) in [6.45, 7) is 0.0477. The second-order valence-electron chi connectivity index (χ2n) is 4.51. The first kappa shape index (κ1) is 15.6. The molecule has 9 heteroatoms. The first-order chi connectivity index (χ1) is 9.16. The fraction of sp³-hybridized carbons (Fsp3) is 0.455. The molecule has 0 spiro atoms. The van der Waals surface area contributed by atoms with E-state index in [1.54, 1.807) is 0 Å². The van der Waals surface area contributed by atoms with Crippen LogP contribution in [0.3, 0.4) is 0 Å². The van der Waals surface area contributed by atoms with E-state index in [0.717, 1.165) is 16.4 Å². The molecule has 4 nitrogen and oxygen atoms in total. The Kier molecular flexibility index (Phi) is 4.03. The summed E-state index contributed by atoms with van der Waals surface area (Å²) >= 11 is 5.44. The monoisotopic (exact) mass is 329 g/mol. The number of benzene rings is 1. The number of aliphatic hydroxyl groups excluding tert-OH is 1. The number of rotatable bonds is 3. The van der Waals surface area contributed by atoms with Gasteiger partial charge in [0.15, 0.2) is 0 Å². The average Bonchev–Trinajstić information content (AvgIpc) is 2.25. The van der Waals surface area contributed by atoms with Gasteiger partial charge in [0, 0.05) is 25.6 Å².